The number of rotatable bonds is 4. The molecule has 3 aliphatic rings. The van der Waals surface area contributed by atoms with Crippen LogP contribution in [0.5, 0.6) is 0 Å². The second kappa shape index (κ2) is 7.80. The van der Waals surface area contributed by atoms with Gasteiger partial charge in [0.2, 0.25) is 5.91 Å². The van der Waals surface area contributed by atoms with Gasteiger partial charge in [0.15, 0.2) is 0 Å². The number of halogens is 1. The molecule has 5 rings (SSSR count). The predicted octanol–water partition coefficient (Wildman–Crippen LogP) is 3.61. The number of carbonyl (C=O) groups is 1. The SMILES string of the molecule is Cc1n[nH]c(C)c1CN1C[C@H]2C[C@@H](C1)[C@H](Cc1cccc(F)c1)N1C(=O)CCC[C@@H]21. The molecule has 2 bridgehead atoms. The molecule has 1 amide bonds. The summed E-state index contributed by atoms with van der Waals surface area (Å²) >= 11 is 0. The number of nitrogens with one attached hydrogen (secondary N) is 1. The van der Waals surface area contributed by atoms with E-state index in [1.807, 2.05) is 6.07 Å². The molecule has 3 saturated heterocycles. The van der Waals surface area contributed by atoms with Gasteiger partial charge >= 0.3 is 0 Å². The van der Waals surface area contributed by atoms with Crippen molar-refractivity contribution >= 4 is 5.91 Å². The Morgan fingerprint density at radius 3 is 2.83 bits per heavy atom. The molecule has 0 unspecified atom stereocenters. The zero-order valence-corrected chi connectivity index (χ0v) is 17.9. The van der Waals surface area contributed by atoms with E-state index in [1.54, 1.807) is 12.1 Å². The second-order valence-electron chi connectivity index (χ2n) is 9.52. The lowest BCUT2D eigenvalue weighted by Crippen LogP contribution is -2.65. The lowest BCUT2D eigenvalue weighted by Gasteiger charge is -2.57. The predicted molar refractivity (Wildman–Crippen MR) is 113 cm³/mol. The van der Waals surface area contributed by atoms with Gasteiger partial charge in [-0.05, 0) is 69.1 Å². The van der Waals surface area contributed by atoms with E-state index in [1.165, 1.54) is 18.1 Å². The minimum absolute atomic E-state index is 0.162. The quantitative estimate of drug-likeness (QED) is 0.838. The van der Waals surface area contributed by atoms with Crippen molar-refractivity contribution in [3.63, 3.8) is 0 Å². The molecule has 6 heteroatoms. The molecule has 0 spiro atoms. The lowest BCUT2D eigenvalue weighted by atomic mass is 9.70. The Hall–Kier alpha value is -2.21. The van der Waals surface area contributed by atoms with Crippen LogP contribution in [-0.2, 0) is 17.8 Å². The Labute approximate surface area is 177 Å². The van der Waals surface area contributed by atoms with Crippen LogP contribution < -0.4 is 0 Å². The number of likely N-dealkylation sites (tertiary alicyclic amines) is 1. The van der Waals surface area contributed by atoms with E-state index in [0.717, 1.165) is 55.8 Å². The summed E-state index contributed by atoms with van der Waals surface area (Å²) in [5.74, 6) is 1.07. The molecule has 3 fully saturated rings. The van der Waals surface area contributed by atoms with E-state index in [4.69, 9.17) is 0 Å². The number of carbonyl (C=O) groups excluding carboxylic acids is 1. The van der Waals surface area contributed by atoms with Gasteiger partial charge in [0.05, 0.1) is 5.69 Å². The zero-order chi connectivity index (χ0) is 20.8. The first-order valence-electron chi connectivity index (χ1n) is 11.3. The van der Waals surface area contributed by atoms with Gasteiger partial charge in [-0.3, -0.25) is 14.8 Å². The first-order chi connectivity index (χ1) is 14.5. The van der Waals surface area contributed by atoms with Crippen LogP contribution in [0.4, 0.5) is 4.39 Å². The Morgan fingerprint density at radius 1 is 1.23 bits per heavy atom. The van der Waals surface area contributed by atoms with E-state index in [2.05, 4.69) is 33.8 Å². The summed E-state index contributed by atoms with van der Waals surface area (Å²) in [4.78, 5) is 17.8. The molecule has 4 heterocycles. The summed E-state index contributed by atoms with van der Waals surface area (Å²) in [7, 11) is 0. The minimum Gasteiger partial charge on any atom is -0.336 e. The van der Waals surface area contributed by atoms with Crippen molar-refractivity contribution in [1.82, 2.24) is 20.0 Å². The molecule has 0 aliphatic carbocycles. The van der Waals surface area contributed by atoms with Gasteiger partial charge in [-0.2, -0.15) is 5.10 Å². The van der Waals surface area contributed by atoms with Crippen molar-refractivity contribution in [2.75, 3.05) is 13.1 Å². The van der Waals surface area contributed by atoms with Gasteiger partial charge in [-0.25, -0.2) is 4.39 Å². The third-order valence-corrected chi connectivity index (χ3v) is 7.57. The lowest BCUT2D eigenvalue weighted by molar-refractivity contribution is -0.152. The molecular weight excluding hydrogens is 379 g/mol. The monoisotopic (exact) mass is 410 g/mol. The van der Waals surface area contributed by atoms with Crippen LogP contribution in [0, 0.1) is 31.5 Å². The van der Waals surface area contributed by atoms with Crippen molar-refractivity contribution in [2.45, 2.75) is 64.6 Å². The van der Waals surface area contributed by atoms with E-state index in [-0.39, 0.29) is 11.9 Å². The van der Waals surface area contributed by atoms with Crippen LogP contribution in [0.1, 0.15) is 48.2 Å². The molecule has 2 aromatic rings. The smallest absolute Gasteiger partial charge is 0.223 e. The van der Waals surface area contributed by atoms with Gasteiger partial charge in [0.25, 0.3) is 0 Å². The van der Waals surface area contributed by atoms with Crippen LogP contribution >= 0.6 is 0 Å². The number of hydrogen-bond donors (Lipinski definition) is 1. The molecule has 160 valence electrons. The summed E-state index contributed by atoms with van der Waals surface area (Å²) in [5, 5.41) is 7.48. The number of fused-ring (bicyclic) bond motifs is 4. The minimum atomic E-state index is -0.195. The normalized spacial score (nSPS) is 29.2. The summed E-state index contributed by atoms with van der Waals surface area (Å²) in [6.07, 6.45) is 4.67. The first kappa shape index (κ1) is 19.7. The fourth-order valence-corrected chi connectivity index (χ4v) is 6.20. The molecule has 5 nitrogen and oxygen atoms in total. The highest BCUT2D eigenvalue weighted by Gasteiger charge is 2.49. The van der Waals surface area contributed by atoms with Crippen molar-refractivity contribution in [1.29, 1.82) is 0 Å². The third kappa shape index (κ3) is 3.55. The fraction of sp³-hybridized carbons (Fsp3) is 0.583. The number of aryl methyl sites for hydroxylation is 2. The maximum absolute atomic E-state index is 13.8. The molecule has 4 atom stereocenters. The van der Waals surface area contributed by atoms with Gasteiger partial charge in [-0.1, -0.05) is 12.1 Å². The molecule has 0 saturated carbocycles. The Kier molecular flexibility index (Phi) is 5.13. The average Bonchev–Trinajstić information content (AvgIpc) is 3.03. The number of piperidine rings is 3. The average molecular weight is 411 g/mol. The first-order valence-corrected chi connectivity index (χ1v) is 11.3. The van der Waals surface area contributed by atoms with Crippen molar-refractivity contribution in [3.05, 3.63) is 52.6 Å². The number of H-pyrrole nitrogens is 1. The van der Waals surface area contributed by atoms with Crippen molar-refractivity contribution in [3.8, 4) is 0 Å². The molecule has 0 radical (unpaired) electrons. The Balaban J connectivity index is 1.42. The number of nitrogens with zero attached hydrogens (tertiary/aromatic N) is 3. The maximum Gasteiger partial charge on any atom is 0.223 e. The fourth-order valence-electron chi connectivity index (χ4n) is 6.20. The number of aromatic amines is 1. The topological polar surface area (TPSA) is 52.2 Å². The van der Waals surface area contributed by atoms with Crippen molar-refractivity contribution in [2.24, 2.45) is 11.8 Å². The molecule has 3 aliphatic heterocycles. The van der Waals surface area contributed by atoms with E-state index in [0.29, 0.717) is 30.2 Å². The van der Waals surface area contributed by atoms with Crippen LogP contribution in [0.15, 0.2) is 24.3 Å². The zero-order valence-electron chi connectivity index (χ0n) is 17.9. The van der Waals surface area contributed by atoms with Crippen LogP contribution in [0.25, 0.3) is 0 Å². The number of amides is 1. The van der Waals surface area contributed by atoms with E-state index in [9.17, 15) is 9.18 Å². The van der Waals surface area contributed by atoms with Gasteiger partial charge in [0.1, 0.15) is 5.82 Å². The summed E-state index contributed by atoms with van der Waals surface area (Å²) < 4.78 is 13.8. The summed E-state index contributed by atoms with van der Waals surface area (Å²) in [5.41, 5.74) is 4.52. The van der Waals surface area contributed by atoms with Gasteiger partial charge in [-0.15, -0.1) is 0 Å². The maximum atomic E-state index is 13.8. The molecule has 1 N–H and O–H groups in total. The third-order valence-electron chi connectivity index (χ3n) is 7.57. The van der Waals surface area contributed by atoms with Gasteiger partial charge < -0.3 is 4.90 Å². The van der Waals surface area contributed by atoms with Gasteiger partial charge in [0, 0.05) is 49.4 Å². The molecule has 1 aromatic heterocycles. The highest BCUT2D eigenvalue weighted by molar-refractivity contribution is 5.78. The Bertz CT molecular complexity index is 922. The van der Waals surface area contributed by atoms with Crippen LogP contribution in [0.3, 0.4) is 0 Å². The summed E-state index contributed by atoms with van der Waals surface area (Å²) in [6.45, 7) is 7.10. The molecule has 1 aromatic carbocycles. The van der Waals surface area contributed by atoms with Crippen LogP contribution in [-0.4, -0.2) is 51.1 Å². The Morgan fingerprint density at radius 2 is 2.07 bits per heavy atom. The standard InChI is InChI=1S/C24H31FN4O/c1-15-21(16(2)27-26-15)14-28-12-18-11-19(13-28)23(10-17-5-3-6-20(25)9-17)29-22(18)7-4-8-24(29)30/h3,5-6,9,18-19,22-23H,4,7-8,10-14H2,1-2H3,(H,26,27)/t18-,19+,22+,23+/m1/s1. The molecular formula is C24H31FN4O. The highest BCUT2D eigenvalue weighted by atomic mass is 19.1. The van der Waals surface area contributed by atoms with Crippen LogP contribution in [0.2, 0.25) is 0 Å². The molecule has 30 heavy (non-hydrogen) atoms. The number of hydrogen-bond acceptors (Lipinski definition) is 3. The highest BCUT2D eigenvalue weighted by Crippen LogP contribution is 2.43. The second-order valence-corrected chi connectivity index (χ2v) is 9.52. The van der Waals surface area contributed by atoms with Crippen molar-refractivity contribution < 1.29 is 9.18 Å². The number of benzene rings is 1. The van der Waals surface area contributed by atoms with E-state index < -0.39 is 0 Å². The van der Waals surface area contributed by atoms with E-state index >= 15 is 0 Å². The largest absolute Gasteiger partial charge is 0.336 e. The summed E-state index contributed by atoms with van der Waals surface area (Å²) in [6, 6.07) is 7.40. The number of aromatic nitrogens is 2.